The summed E-state index contributed by atoms with van der Waals surface area (Å²) in [7, 11) is 0. The van der Waals surface area contributed by atoms with Crippen LogP contribution in [0.3, 0.4) is 0 Å². The van der Waals surface area contributed by atoms with Crippen LogP contribution in [0.2, 0.25) is 0 Å². The molecule has 0 spiro atoms. The Bertz CT molecular complexity index is 359. The Labute approximate surface area is 145 Å². The molecule has 1 aliphatic carbocycles. The summed E-state index contributed by atoms with van der Waals surface area (Å²) in [5.41, 5.74) is -0.307. The molecule has 23 heavy (non-hydrogen) atoms. The summed E-state index contributed by atoms with van der Waals surface area (Å²) >= 11 is 0. The summed E-state index contributed by atoms with van der Waals surface area (Å²) in [6.07, 6.45) is 5.26. The largest absolute Gasteiger partial charge is 0.367 e. The van der Waals surface area contributed by atoms with Crippen molar-refractivity contribution in [3.63, 3.8) is 0 Å². The van der Waals surface area contributed by atoms with Gasteiger partial charge in [0.2, 0.25) is 0 Å². The minimum Gasteiger partial charge on any atom is -0.367 e. The molecule has 0 aromatic carbocycles. The Morgan fingerprint density at radius 1 is 0.957 bits per heavy atom. The average molecular weight is 327 g/mol. The Morgan fingerprint density at radius 3 is 1.83 bits per heavy atom. The second kappa shape index (κ2) is 7.44. The molecule has 1 fully saturated rings. The molecule has 1 saturated carbocycles. The van der Waals surface area contributed by atoms with Crippen LogP contribution in [-0.2, 0) is 4.74 Å². The normalized spacial score (nSPS) is 27.8. The zero-order valence-electron chi connectivity index (χ0n) is 17.2. The monoisotopic (exact) mass is 326 g/mol. The van der Waals surface area contributed by atoms with Gasteiger partial charge in [0.1, 0.15) is 0 Å². The van der Waals surface area contributed by atoms with Crippen molar-refractivity contribution in [1.82, 2.24) is 0 Å². The first-order valence-corrected chi connectivity index (χ1v) is 9.64. The first kappa shape index (κ1) is 21.0. The lowest BCUT2D eigenvalue weighted by atomic mass is 9.68. The van der Waals surface area contributed by atoms with Gasteiger partial charge in [0.25, 0.3) is 0 Å². The van der Waals surface area contributed by atoms with Crippen LogP contribution >= 0.6 is 0 Å². The van der Waals surface area contributed by atoms with Crippen molar-refractivity contribution in [3.8, 4) is 0 Å². The maximum atomic E-state index is 11.0. The molecule has 138 valence electrons. The van der Waals surface area contributed by atoms with Crippen molar-refractivity contribution in [2.45, 2.75) is 106 Å². The summed E-state index contributed by atoms with van der Waals surface area (Å²) < 4.78 is 6.34. The van der Waals surface area contributed by atoms with Crippen LogP contribution < -0.4 is 0 Å². The van der Waals surface area contributed by atoms with Gasteiger partial charge in [-0.1, -0.05) is 61.3 Å². The van der Waals surface area contributed by atoms with Crippen LogP contribution in [0.1, 0.15) is 94.4 Å². The summed E-state index contributed by atoms with van der Waals surface area (Å²) in [6, 6.07) is 0. The van der Waals surface area contributed by atoms with E-state index < -0.39 is 6.29 Å². The molecule has 2 nitrogen and oxygen atoms in total. The van der Waals surface area contributed by atoms with Crippen LogP contribution in [0.15, 0.2) is 0 Å². The van der Waals surface area contributed by atoms with Crippen molar-refractivity contribution in [2.75, 3.05) is 0 Å². The molecule has 0 radical (unpaired) electrons. The maximum absolute atomic E-state index is 11.0. The highest BCUT2D eigenvalue weighted by Gasteiger charge is 2.44. The zero-order chi connectivity index (χ0) is 18.1. The van der Waals surface area contributed by atoms with E-state index in [4.69, 9.17) is 4.74 Å². The van der Waals surface area contributed by atoms with E-state index in [0.29, 0.717) is 11.8 Å². The predicted molar refractivity (Wildman–Crippen MR) is 99.3 cm³/mol. The Balaban J connectivity index is 2.82. The fourth-order valence-electron chi connectivity index (χ4n) is 4.19. The molecular formula is C21H42O2. The Kier molecular flexibility index (Phi) is 6.78. The summed E-state index contributed by atoms with van der Waals surface area (Å²) in [6.45, 7) is 20.0. The predicted octanol–water partition coefficient (Wildman–Crippen LogP) is 6.02. The van der Waals surface area contributed by atoms with Gasteiger partial charge in [-0.15, -0.1) is 0 Å². The van der Waals surface area contributed by atoms with E-state index >= 15 is 0 Å². The molecule has 0 bridgehead atoms. The standard InChI is InChI=1S/C21H42O2/c1-15(2)21(9,14-19(4,5)6)18(22)23-20(7,8)17-12-10-16(3)11-13-17/h15-18,22H,10-14H2,1-9H3. The van der Waals surface area contributed by atoms with E-state index in [2.05, 4.69) is 62.3 Å². The third kappa shape index (κ3) is 5.74. The highest BCUT2D eigenvalue weighted by atomic mass is 16.6. The van der Waals surface area contributed by atoms with Gasteiger partial charge in [-0.2, -0.15) is 0 Å². The summed E-state index contributed by atoms with van der Waals surface area (Å²) in [5, 5.41) is 11.0. The minimum atomic E-state index is -0.712. The zero-order valence-corrected chi connectivity index (χ0v) is 17.2. The molecule has 1 aliphatic rings. The van der Waals surface area contributed by atoms with Crippen LogP contribution in [0.4, 0.5) is 0 Å². The molecule has 0 aromatic heterocycles. The highest BCUT2D eigenvalue weighted by molar-refractivity contribution is 4.89. The number of hydrogen-bond donors (Lipinski definition) is 1. The smallest absolute Gasteiger partial charge is 0.160 e. The lowest BCUT2D eigenvalue weighted by Gasteiger charge is -2.47. The van der Waals surface area contributed by atoms with Crippen molar-refractivity contribution in [2.24, 2.45) is 28.6 Å². The van der Waals surface area contributed by atoms with E-state index in [1.54, 1.807) is 0 Å². The molecular weight excluding hydrogens is 284 g/mol. The van der Waals surface area contributed by atoms with Crippen LogP contribution in [0.5, 0.6) is 0 Å². The molecule has 2 heteroatoms. The van der Waals surface area contributed by atoms with Crippen LogP contribution in [0.25, 0.3) is 0 Å². The van der Waals surface area contributed by atoms with Gasteiger partial charge < -0.3 is 9.84 Å². The first-order valence-electron chi connectivity index (χ1n) is 9.64. The van der Waals surface area contributed by atoms with E-state index in [1.165, 1.54) is 25.7 Å². The van der Waals surface area contributed by atoms with Gasteiger partial charge in [0.05, 0.1) is 5.60 Å². The molecule has 0 aromatic rings. The van der Waals surface area contributed by atoms with Crippen molar-refractivity contribution < 1.29 is 9.84 Å². The van der Waals surface area contributed by atoms with E-state index in [9.17, 15) is 5.11 Å². The highest BCUT2D eigenvalue weighted by Crippen LogP contribution is 2.45. The van der Waals surface area contributed by atoms with Crippen LogP contribution in [-0.4, -0.2) is 17.0 Å². The second-order valence-electron chi connectivity index (χ2n) is 10.4. The SMILES string of the molecule is CC1CCC(C(C)(C)OC(O)C(C)(CC(C)(C)C)C(C)C)CC1. The van der Waals surface area contributed by atoms with Gasteiger partial charge in [-0.25, -0.2) is 0 Å². The summed E-state index contributed by atoms with van der Waals surface area (Å²) in [5.74, 6) is 1.77. The molecule has 1 rings (SSSR count). The summed E-state index contributed by atoms with van der Waals surface area (Å²) in [4.78, 5) is 0. The fourth-order valence-corrected chi connectivity index (χ4v) is 4.19. The minimum absolute atomic E-state index is 0.174. The third-order valence-electron chi connectivity index (χ3n) is 6.21. The van der Waals surface area contributed by atoms with E-state index in [1.807, 2.05) is 0 Å². The lowest BCUT2D eigenvalue weighted by Crippen LogP contribution is -2.48. The topological polar surface area (TPSA) is 29.5 Å². The van der Waals surface area contributed by atoms with Gasteiger partial charge >= 0.3 is 0 Å². The average Bonchev–Trinajstić information content (AvgIpc) is 2.36. The molecule has 2 atom stereocenters. The number of hydrogen-bond acceptors (Lipinski definition) is 2. The first-order chi connectivity index (χ1) is 10.3. The molecule has 0 aliphatic heterocycles. The Hall–Kier alpha value is -0.0800. The van der Waals surface area contributed by atoms with Gasteiger partial charge in [-0.05, 0) is 56.3 Å². The van der Waals surface area contributed by atoms with Crippen molar-refractivity contribution in [1.29, 1.82) is 0 Å². The molecule has 0 saturated heterocycles. The Morgan fingerprint density at radius 2 is 1.43 bits per heavy atom. The van der Waals surface area contributed by atoms with Gasteiger partial charge in [0.15, 0.2) is 6.29 Å². The van der Waals surface area contributed by atoms with E-state index in [-0.39, 0.29) is 16.4 Å². The maximum Gasteiger partial charge on any atom is 0.160 e. The number of aliphatic hydroxyl groups excluding tert-OH is 1. The van der Waals surface area contributed by atoms with E-state index in [0.717, 1.165) is 12.3 Å². The van der Waals surface area contributed by atoms with Crippen molar-refractivity contribution >= 4 is 0 Å². The second-order valence-corrected chi connectivity index (χ2v) is 10.4. The third-order valence-corrected chi connectivity index (χ3v) is 6.21. The van der Waals surface area contributed by atoms with Gasteiger partial charge in [-0.3, -0.25) is 0 Å². The lowest BCUT2D eigenvalue weighted by molar-refractivity contribution is -0.256. The number of rotatable bonds is 6. The quantitative estimate of drug-likeness (QED) is 0.604. The number of aliphatic hydroxyl groups is 1. The van der Waals surface area contributed by atoms with Crippen LogP contribution in [0, 0.1) is 28.6 Å². The molecule has 0 heterocycles. The van der Waals surface area contributed by atoms with Crippen molar-refractivity contribution in [3.05, 3.63) is 0 Å². The molecule has 0 amide bonds. The number of ether oxygens (including phenoxy) is 1. The molecule has 1 N–H and O–H groups in total. The molecule has 2 unspecified atom stereocenters. The van der Waals surface area contributed by atoms with Gasteiger partial charge in [0, 0.05) is 5.41 Å². The fraction of sp³-hybridized carbons (Fsp3) is 1.00.